The largest absolute Gasteiger partial charge is 0.511 e. The predicted molar refractivity (Wildman–Crippen MR) is 75.7 cm³/mol. The summed E-state index contributed by atoms with van der Waals surface area (Å²) in [7, 11) is 0. The molecule has 0 aliphatic rings. The quantitative estimate of drug-likeness (QED) is 0.119. The van der Waals surface area contributed by atoms with Crippen molar-refractivity contribution in [3.63, 3.8) is 0 Å². The fraction of sp³-hybridized carbons (Fsp3) is 0.833. The molecule has 24 heavy (non-hydrogen) atoms. The topological polar surface area (TPSA) is 153 Å². The number of hydrogen-bond donors (Lipinski definition) is 0. The van der Waals surface area contributed by atoms with E-state index in [-0.39, 0.29) is 26.1 Å². The average Bonchev–Trinajstić information content (AvgIpc) is 2.43. The van der Waals surface area contributed by atoms with E-state index in [9.17, 15) is 24.6 Å². The Labute approximate surface area is 137 Å². The number of carbonyl (C=O) groups is 2. The smallest absolute Gasteiger partial charge is 0.434 e. The highest BCUT2D eigenvalue weighted by Gasteiger charge is 2.27. The molecule has 0 bridgehead atoms. The molecule has 2 unspecified atom stereocenters. The Morgan fingerprint density at radius 3 is 2.62 bits per heavy atom. The number of ether oxygens (including phenoxy) is 3. The van der Waals surface area contributed by atoms with Crippen molar-refractivity contribution in [1.82, 2.24) is 0 Å². The molecule has 2 atom stereocenters. The predicted octanol–water partition coefficient (Wildman–Crippen LogP) is 1.74. The van der Waals surface area contributed by atoms with Crippen LogP contribution in [0.25, 0.3) is 0 Å². The maximum absolute atomic E-state index is 11.3. The summed E-state index contributed by atoms with van der Waals surface area (Å²) in [6, 6.07) is 0. The van der Waals surface area contributed by atoms with Crippen molar-refractivity contribution in [3.8, 4) is 0 Å². The van der Waals surface area contributed by atoms with E-state index >= 15 is 0 Å². The standard InChI is InChI=1S/C12H20N2O10/c1-9(21-8-15)23-11(16)20-5-4-12(2,3)6-10(7-22-13-17)24-14(18)19/h8-10H,4-7H2,1-3H3. The summed E-state index contributed by atoms with van der Waals surface area (Å²) in [6.45, 7) is 4.55. The lowest BCUT2D eigenvalue weighted by atomic mass is 9.84. The summed E-state index contributed by atoms with van der Waals surface area (Å²) < 4.78 is 13.8. The van der Waals surface area contributed by atoms with Gasteiger partial charge in [0.2, 0.25) is 6.29 Å². The fourth-order valence-electron chi connectivity index (χ4n) is 1.77. The van der Waals surface area contributed by atoms with Crippen LogP contribution in [0.15, 0.2) is 5.34 Å². The van der Waals surface area contributed by atoms with E-state index < -0.39 is 29.1 Å². The molecule has 0 saturated heterocycles. The lowest BCUT2D eigenvalue weighted by Gasteiger charge is -2.27. The maximum atomic E-state index is 11.3. The van der Waals surface area contributed by atoms with Gasteiger partial charge < -0.3 is 23.9 Å². The zero-order valence-electron chi connectivity index (χ0n) is 13.5. The molecule has 0 rings (SSSR count). The van der Waals surface area contributed by atoms with E-state index in [1.165, 1.54) is 6.92 Å². The van der Waals surface area contributed by atoms with Crippen LogP contribution in [0.1, 0.15) is 33.6 Å². The SMILES string of the molecule is CC(OC=O)OC(=O)OCCC(C)(C)CC(CON=O)O[N+](=O)[O-]. The Morgan fingerprint density at radius 1 is 1.42 bits per heavy atom. The van der Waals surface area contributed by atoms with Crippen LogP contribution in [0.2, 0.25) is 0 Å². The number of carbonyl (C=O) groups excluding carboxylic acids is 2. The van der Waals surface area contributed by atoms with Crippen LogP contribution in [-0.4, -0.2) is 43.3 Å². The molecule has 0 amide bonds. The van der Waals surface area contributed by atoms with Gasteiger partial charge in [-0.1, -0.05) is 13.8 Å². The molecule has 0 aromatic rings. The van der Waals surface area contributed by atoms with Gasteiger partial charge in [0.1, 0.15) is 12.7 Å². The Balaban J connectivity index is 4.29. The Morgan fingerprint density at radius 2 is 2.08 bits per heavy atom. The van der Waals surface area contributed by atoms with Crippen molar-refractivity contribution in [1.29, 1.82) is 0 Å². The highest BCUT2D eigenvalue weighted by atomic mass is 17.0. The zero-order valence-corrected chi connectivity index (χ0v) is 13.5. The molecule has 0 radical (unpaired) electrons. The molecule has 0 saturated carbocycles. The Hall–Kier alpha value is -2.66. The van der Waals surface area contributed by atoms with Crippen molar-refractivity contribution < 1.29 is 38.6 Å². The molecule has 0 aliphatic carbocycles. The summed E-state index contributed by atoms with van der Waals surface area (Å²) in [5.74, 6) is 0. The first-order valence-electron chi connectivity index (χ1n) is 6.88. The first kappa shape index (κ1) is 21.3. The van der Waals surface area contributed by atoms with Crippen LogP contribution < -0.4 is 0 Å². The molecule has 0 aliphatic heterocycles. The molecular formula is C12H20N2O10. The normalized spacial score (nSPS) is 13.1. The van der Waals surface area contributed by atoms with Gasteiger partial charge in [0.05, 0.1) is 6.61 Å². The monoisotopic (exact) mass is 352 g/mol. The summed E-state index contributed by atoms with van der Waals surface area (Å²) in [6.07, 6.45) is -2.63. The number of rotatable bonds is 13. The second kappa shape index (κ2) is 11.0. The van der Waals surface area contributed by atoms with E-state index in [1.54, 1.807) is 13.8 Å². The second-order valence-corrected chi connectivity index (χ2v) is 5.46. The maximum Gasteiger partial charge on any atom is 0.511 e. The zero-order chi connectivity index (χ0) is 18.6. The van der Waals surface area contributed by atoms with Crippen LogP contribution in [0.3, 0.4) is 0 Å². The molecular weight excluding hydrogens is 332 g/mol. The lowest BCUT2D eigenvalue weighted by molar-refractivity contribution is -0.769. The van der Waals surface area contributed by atoms with Crippen LogP contribution >= 0.6 is 0 Å². The van der Waals surface area contributed by atoms with Gasteiger partial charge in [0.25, 0.3) is 11.6 Å². The van der Waals surface area contributed by atoms with Gasteiger partial charge in [0, 0.05) is 6.92 Å². The van der Waals surface area contributed by atoms with Crippen LogP contribution in [0.4, 0.5) is 4.79 Å². The lowest BCUT2D eigenvalue weighted by Crippen LogP contribution is -2.30. The molecule has 0 N–H and O–H groups in total. The minimum absolute atomic E-state index is 0.0440. The highest BCUT2D eigenvalue weighted by molar-refractivity contribution is 5.60. The van der Waals surface area contributed by atoms with E-state index in [2.05, 4.69) is 24.5 Å². The molecule has 12 nitrogen and oxygen atoms in total. The van der Waals surface area contributed by atoms with Crippen LogP contribution in [-0.2, 0) is 28.7 Å². The van der Waals surface area contributed by atoms with Crippen LogP contribution in [0.5, 0.6) is 0 Å². The van der Waals surface area contributed by atoms with Gasteiger partial charge in [-0.25, -0.2) is 4.79 Å². The number of hydrogen-bond acceptors (Lipinski definition) is 11. The average molecular weight is 352 g/mol. The van der Waals surface area contributed by atoms with E-state index in [1.807, 2.05) is 0 Å². The van der Waals surface area contributed by atoms with Crippen molar-refractivity contribution >= 4 is 12.6 Å². The molecule has 0 aromatic heterocycles. The van der Waals surface area contributed by atoms with Gasteiger partial charge >= 0.3 is 6.16 Å². The third kappa shape index (κ3) is 11.0. The van der Waals surface area contributed by atoms with Crippen LogP contribution in [0, 0.1) is 20.4 Å². The van der Waals surface area contributed by atoms with Crippen molar-refractivity contribution in [3.05, 3.63) is 15.0 Å². The van der Waals surface area contributed by atoms with Gasteiger partial charge in [-0.2, -0.15) is 0 Å². The summed E-state index contributed by atoms with van der Waals surface area (Å²) in [5.41, 5.74) is -0.544. The van der Waals surface area contributed by atoms with E-state index in [4.69, 9.17) is 4.74 Å². The highest BCUT2D eigenvalue weighted by Crippen LogP contribution is 2.28. The first-order chi connectivity index (χ1) is 11.2. The minimum Gasteiger partial charge on any atom is -0.434 e. The number of nitrogens with zero attached hydrogens (tertiary/aromatic N) is 2. The third-order valence-electron chi connectivity index (χ3n) is 2.84. The van der Waals surface area contributed by atoms with Crippen molar-refractivity contribution in [2.45, 2.75) is 46.0 Å². The van der Waals surface area contributed by atoms with Gasteiger partial charge in [-0.3, -0.25) is 4.79 Å². The fourth-order valence-corrected chi connectivity index (χ4v) is 1.77. The molecule has 0 heterocycles. The first-order valence-corrected chi connectivity index (χ1v) is 6.88. The Bertz CT molecular complexity index is 428. The third-order valence-corrected chi connectivity index (χ3v) is 2.84. The molecule has 0 spiro atoms. The summed E-state index contributed by atoms with van der Waals surface area (Å²) in [4.78, 5) is 50.4. The van der Waals surface area contributed by atoms with Crippen molar-refractivity contribution in [2.24, 2.45) is 10.8 Å². The summed E-state index contributed by atoms with van der Waals surface area (Å²) >= 11 is 0. The molecule has 0 aromatic carbocycles. The molecule has 138 valence electrons. The van der Waals surface area contributed by atoms with Gasteiger partial charge in [0.15, 0.2) is 5.34 Å². The molecule has 12 heteroatoms. The van der Waals surface area contributed by atoms with Crippen molar-refractivity contribution in [2.75, 3.05) is 13.2 Å². The second-order valence-electron chi connectivity index (χ2n) is 5.46. The van der Waals surface area contributed by atoms with Gasteiger partial charge in [-0.05, 0) is 18.3 Å². The summed E-state index contributed by atoms with van der Waals surface area (Å²) in [5, 5.41) is 11.6. The van der Waals surface area contributed by atoms with Gasteiger partial charge in [-0.15, -0.1) is 15.0 Å². The van der Waals surface area contributed by atoms with E-state index in [0.29, 0.717) is 6.42 Å². The molecule has 0 fully saturated rings. The minimum atomic E-state index is -1.08. The van der Waals surface area contributed by atoms with E-state index in [0.717, 1.165) is 0 Å². The Kier molecular flexibility index (Phi) is 9.75.